The molecule has 0 radical (unpaired) electrons. The van der Waals surface area contributed by atoms with E-state index < -0.39 is 11.7 Å². The van der Waals surface area contributed by atoms with Gasteiger partial charge in [0.25, 0.3) is 0 Å². The number of aliphatic hydroxyl groups excluding tert-OH is 1. The fourth-order valence-electron chi connectivity index (χ4n) is 4.00. The zero-order valence-electron chi connectivity index (χ0n) is 21.7. The standard InChI is InChI=1S/C29H39N3O4/c1-29(2,3)36-28(34)31-25(18-12-4-5-13-19-33)27-30-20-26(24-16-10-7-11-17-24)32(27)22-35-21-23-14-8-6-9-15-23/h6-11,14-17,20,25,33H,4-5,12-13,18-19,21-22H2,1-3H3,(H,31,34)/t25-/m0/s1. The van der Waals surface area contributed by atoms with Gasteiger partial charge in [-0.25, -0.2) is 9.78 Å². The van der Waals surface area contributed by atoms with E-state index in [4.69, 9.17) is 19.6 Å². The van der Waals surface area contributed by atoms with Crippen LogP contribution in [0.3, 0.4) is 0 Å². The summed E-state index contributed by atoms with van der Waals surface area (Å²) >= 11 is 0. The third-order valence-corrected chi connectivity index (χ3v) is 5.69. The van der Waals surface area contributed by atoms with Gasteiger partial charge in [0.2, 0.25) is 0 Å². The van der Waals surface area contributed by atoms with E-state index in [9.17, 15) is 4.79 Å². The minimum absolute atomic E-state index is 0.198. The minimum Gasteiger partial charge on any atom is -0.444 e. The molecule has 7 nitrogen and oxygen atoms in total. The van der Waals surface area contributed by atoms with Gasteiger partial charge < -0.3 is 24.5 Å². The summed E-state index contributed by atoms with van der Waals surface area (Å²) in [6.07, 6.45) is 5.65. The van der Waals surface area contributed by atoms with Gasteiger partial charge in [0.1, 0.15) is 18.2 Å². The number of aromatic nitrogens is 2. The van der Waals surface area contributed by atoms with Crippen molar-refractivity contribution in [2.75, 3.05) is 6.61 Å². The lowest BCUT2D eigenvalue weighted by atomic mass is 10.1. The number of carbonyl (C=O) groups is 1. The average molecular weight is 494 g/mol. The van der Waals surface area contributed by atoms with Crippen LogP contribution < -0.4 is 5.32 Å². The average Bonchev–Trinajstić information content (AvgIpc) is 3.27. The molecule has 0 saturated carbocycles. The summed E-state index contributed by atoms with van der Waals surface area (Å²) in [7, 11) is 0. The predicted octanol–water partition coefficient (Wildman–Crippen LogP) is 6.23. The van der Waals surface area contributed by atoms with Crippen LogP contribution in [0.5, 0.6) is 0 Å². The van der Waals surface area contributed by atoms with Gasteiger partial charge in [-0.3, -0.25) is 0 Å². The predicted molar refractivity (Wildman–Crippen MR) is 141 cm³/mol. The molecule has 194 valence electrons. The normalized spacial score (nSPS) is 12.3. The lowest BCUT2D eigenvalue weighted by Gasteiger charge is -2.24. The maximum absolute atomic E-state index is 12.7. The van der Waals surface area contributed by atoms with Gasteiger partial charge in [0.05, 0.1) is 24.5 Å². The quantitative estimate of drug-likeness (QED) is 0.276. The van der Waals surface area contributed by atoms with Crippen LogP contribution in [0.15, 0.2) is 66.9 Å². The molecular weight excluding hydrogens is 454 g/mol. The van der Waals surface area contributed by atoms with Crippen molar-refractivity contribution in [1.29, 1.82) is 0 Å². The molecule has 1 aromatic heterocycles. The second kappa shape index (κ2) is 13.8. The van der Waals surface area contributed by atoms with Crippen LogP contribution in [-0.2, 0) is 22.8 Å². The number of imidazole rings is 1. The fourth-order valence-corrected chi connectivity index (χ4v) is 4.00. The van der Waals surface area contributed by atoms with E-state index in [0.717, 1.165) is 48.3 Å². The molecule has 0 bridgehead atoms. The molecule has 2 aromatic carbocycles. The molecule has 1 atom stereocenters. The largest absolute Gasteiger partial charge is 0.444 e. The highest BCUT2D eigenvalue weighted by Gasteiger charge is 2.25. The minimum atomic E-state index is -0.598. The molecular formula is C29H39N3O4. The first-order chi connectivity index (χ1) is 17.4. The number of alkyl carbamates (subject to hydrolysis) is 1. The molecule has 0 saturated heterocycles. The third-order valence-electron chi connectivity index (χ3n) is 5.69. The number of nitrogens with zero attached hydrogens (tertiary/aromatic N) is 2. The molecule has 7 heteroatoms. The Labute approximate surface area is 214 Å². The van der Waals surface area contributed by atoms with Gasteiger partial charge >= 0.3 is 6.09 Å². The summed E-state index contributed by atoms with van der Waals surface area (Å²) in [6, 6.07) is 19.8. The smallest absolute Gasteiger partial charge is 0.408 e. The number of ether oxygens (including phenoxy) is 2. The van der Waals surface area contributed by atoms with Gasteiger partial charge in [-0.15, -0.1) is 0 Å². The van der Waals surface area contributed by atoms with Crippen molar-refractivity contribution in [2.24, 2.45) is 0 Å². The zero-order chi connectivity index (χ0) is 25.8. The van der Waals surface area contributed by atoms with Gasteiger partial charge in [0.15, 0.2) is 0 Å². The highest BCUT2D eigenvalue weighted by molar-refractivity contribution is 5.68. The molecule has 3 aromatic rings. The first kappa shape index (κ1) is 27.4. The summed E-state index contributed by atoms with van der Waals surface area (Å²) in [5, 5.41) is 12.1. The van der Waals surface area contributed by atoms with Crippen molar-refractivity contribution in [1.82, 2.24) is 14.9 Å². The number of benzene rings is 2. The lowest BCUT2D eigenvalue weighted by molar-refractivity contribution is 0.0475. The Morgan fingerprint density at radius 1 is 1.00 bits per heavy atom. The Balaban J connectivity index is 1.85. The molecule has 0 aliphatic rings. The number of nitrogens with one attached hydrogen (secondary N) is 1. The number of hydrogen-bond acceptors (Lipinski definition) is 5. The number of amides is 1. The number of unbranched alkanes of at least 4 members (excludes halogenated alkanes) is 3. The Morgan fingerprint density at radius 2 is 1.67 bits per heavy atom. The summed E-state index contributed by atoms with van der Waals surface area (Å²) < 4.78 is 13.7. The Kier molecular flexibility index (Phi) is 10.5. The van der Waals surface area contributed by atoms with Crippen molar-refractivity contribution in [3.8, 4) is 11.3 Å². The molecule has 1 amide bonds. The first-order valence-electron chi connectivity index (χ1n) is 12.7. The Morgan fingerprint density at radius 3 is 2.33 bits per heavy atom. The maximum atomic E-state index is 12.7. The van der Waals surface area contributed by atoms with E-state index in [1.165, 1.54) is 0 Å². The molecule has 1 heterocycles. The van der Waals surface area contributed by atoms with Crippen molar-refractivity contribution in [3.63, 3.8) is 0 Å². The summed E-state index contributed by atoms with van der Waals surface area (Å²) in [6.45, 7) is 6.51. The van der Waals surface area contributed by atoms with Gasteiger partial charge in [-0.1, -0.05) is 79.9 Å². The van der Waals surface area contributed by atoms with E-state index in [0.29, 0.717) is 19.8 Å². The van der Waals surface area contributed by atoms with Crippen LogP contribution in [0.1, 0.15) is 70.3 Å². The summed E-state index contributed by atoms with van der Waals surface area (Å²) in [5.74, 6) is 0.731. The molecule has 0 unspecified atom stereocenters. The van der Waals surface area contributed by atoms with Crippen molar-refractivity contribution < 1.29 is 19.4 Å². The van der Waals surface area contributed by atoms with E-state index in [1.54, 1.807) is 0 Å². The van der Waals surface area contributed by atoms with Crippen molar-refractivity contribution >= 4 is 6.09 Å². The summed E-state index contributed by atoms with van der Waals surface area (Å²) in [5.41, 5.74) is 2.44. The highest BCUT2D eigenvalue weighted by Crippen LogP contribution is 2.27. The van der Waals surface area contributed by atoms with Crippen LogP contribution in [0.25, 0.3) is 11.3 Å². The number of carbonyl (C=O) groups excluding carboxylic acids is 1. The van der Waals surface area contributed by atoms with Crippen molar-refractivity contribution in [2.45, 2.75) is 77.9 Å². The van der Waals surface area contributed by atoms with Crippen LogP contribution in [-0.4, -0.2) is 33.0 Å². The van der Waals surface area contributed by atoms with E-state index in [-0.39, 0.29) is 12.6 Å². The molecule has 2 N–H and O–H groups in total. The molecule has 0 fully saturated rings. The first-order valence-corrected chi connectivity index (χ1v) is 12.7. The second-order valence-electron chi connectivity index (χ2n) is 9.88. The number of rotatable bonds is 13. The Bertz CT molecular complexity index is 1050. The molecule has 3 rings (SSSR count). The SMILES string of the molecule is CC(C)(C)OC(=O)N[C@@H](CCCCCCO)c1ncc(-c2ccccc2)n1COCc1ccccc1. The molecule has 0 spiro atoms. The van der Waals surface area contributed by atoms with Crippen LogP contribution in [0, 0.1) is 0 Å². The van der Waals surface area contributed by atoms with Crippen molar-refractivity contribution in [3.05, 3.63) is 78.2 Å². The fraction of sp³-hybridized carbons (Fsp3) is 0.448. The monoisotopic (exact) mass is 493 g/mol. The van der Waals surface area contributed by atoms with E-state index >= 15 is 0 Å². The van der Waals surface area contributed by atoms with Gasteiger partial charge in [-0.2, -0.15) is 0 Å². The van der Waals surface area contributed by atoms with E-state index in [1.807, 2.05) is 92.2 Å². The molecule has 36 heavy (non-hydrogen) atoms. The van der Waals surface area contributed by atoms with Crippen LogP contribution in [0.2, 0.25) is 0 Å². The van der Waals surface area contributed by atoms with Crippen LogP contribution in [0.4, 0.5) is 4.79 Å². The third kappa shape index (κ3) is 8.81. The zero-order valence-corrected chi connectivity index (χ0v) is 21.7. The van der Waals surface area contributed by atoms with Crippen LogP contribution >= 0.6 is 0 Å². The van der Waals surface area contributed by atoms with Gasteiger partial charge in [-0.05, 0) is 44.7 Å². The molecule has 0 aliphatic heterocycles. The maximum Gasteiger partial charge on any atom is 0.408 e. The second-order valence-corrected chi connectivity index (χ2v) is 9.88. The van der Waals surface area contributed by atoms with E-state index in [2.05, 4.69) is 5.32 Å². The number of aliphatic hydroxyl groups is 1. The topological polar surface area (TPSA) is 85.6 Å². The number of hydrogen-bond donors (Lipinski definition) is 2. The summed E-state index contributed by atoms with van der Waals surface area (Å²) in [4.78, 5) is 17.5. The Hall–Kier alpha value is -3.16. The lowest BCUT2D eigenvalue weighted by Crippen LogP contribution is -2.36. The highest BCUT2D eigenvalue weighted by atomic mass is 16.6. The molecule has 0 aliphatic carbocycles. The van der Waals surface area contributed by atoms with Gasteiger partial charge in [0, 0.05) is 6.61 Å².